The maximum Gasteiger partial charge on any atom is 0.438 e. The third-order valence-electron chi connectivity index (χ3n) is 2.50. The van der Waals surface area contributed by atoms with Crippen molar-refractivity contribution in [2.45, 2.75) is 32.6 Å². The molecule has 1 N–H and O–H groups in total. The minimum absolute atomic E-state index is 0.250. The van der Waals surface area contributed by atoms with Gasteiger partial charge in [0.2, 0.25) is 5.91 Å². The Bertz CT molecular complexity index is 302. The molecule has 15 heavy (non-hydrogen) atoms. The number of nitrogens with zero attached hydrogens (tertiary/aromatic N) is 2. The Hall–Kier alpha value is -1.41. The summed E-state index contributed by atoms with van der Waals surface area (Å²) in [5.74, 6) is -0.270. The van der Waals surface area contributed by atoms with Crippen LogP contribution in [0.5, 0.6) is 0 Å². The Morgan fingerprint density at radius 2 is 2.07 bits per heavy atom. The van der Waals surface area contributed by atoms with Crippen LogP contribution in [0.1, 0.15) is 32.6 Å². The first-order valence-corrected chi connectivity index (χ1v) is 5.27. The molecule has 1 aliphatic rings. The minimum Gasteiger partial charge on any atom is -0.274 e. The fraction of sp³-hybridized carbons (Fsp3) is 0.700. The van der Waals surface area contributed by atoms with Gasteiger partial charge in [0, 0.05) is 6.42 Å². The second kappa shape index (κ2) is 4.89. The molecule has 0 aromatic rings. The number of hydrogen-bond acceptors (Lipinski definition) is 3. The number of quaternary nitrogens is 1. The average Bonchev–Trinajstić information content (AvgIpc) is 2.98. The molecule has 0 radical (unpaired) electrons. The van der Waals surface area contributed by atoms with E-state index in [-0.39, 0.29) is 10.4 Å². The Labute approximate surface area is 89.3 Å². The fourth-order valence-corrected chi connectivity index (χ4v) is 1.27. The molecule has 0 bridgehead atoms. The van der Waals surface area contributed by atoms with Crippen LogP contribution >= 0.6 is 0 Å². The molecule has 0 aromatic carbocycles. The number of hydrogen-bond donors (Lipinski definition) is 1. The van der Waals surface area contributed by atoms with E-state index >= 15 is 0 Å². The molecule has 0 atom stereocenters. The SMILES string of the molecule is CCCCCC(=O)NC(=O)[N+]1(C#N)CC1. The highest BCUT2D eigenvalue weighted by Crippen LogP contribution is 2.19. The lowest BCUT2D eigenvalue weighted by atomic mass is 10.2. The summed E-state index contributed by atoms with van der Waals surface area (Å²) in [4.78, 5) is 22.7. The number of rotatable bonds is 4. The van der Waals surface area contributed by atoms with Crippen molar-refractivity contribution in [2.75, 3.05) is 13.1 Å². The predicted molar refractivity (Wildman–Crippen MR) is 53.3 cm³/mol. The maximum atomic E-state index is 11.4. The van der Waals surface area contributed by atoms with E-state index in [0.717, 1.165) is 19.3 Å². The lowest BCUT2D eigenvalue weighted by molar-refractivity contribution is -0.633. The van der Waals surface area contributed by atoms with Crippen LogP contribution in [0.15, 0.2) is 0 Å². The summed E-state index contributed by atoms with van der Waals surface area (Å²) in [6.07, 6.45) is 5.09. The molecule has 82 valence electrons. The normalized spacial score (nSPS) is 16.5. The van der Waals surface area contributed by atoms with Gasteiger partial charge in [-0.2, -0.15) is 0 Å². The van der Waals surface area contributed by atoms with Crippen molar-refractivity contribution in [3.63, 3.8) is 0 Å². The van der Waals surface area contributed by atoms with Gasteiger partial charge in [-0.05, 0) is 6.42 Å². The Balaban J connectivity index is 2.27. The van der Waals surface area contributed by atoms with Gasteiger partial charge in [0.1, 0.15) is 0 Å². The highest BCUT2D eigenvalue weighted by atomic mass is 16.2. The number of amides is 3. The van der Waals surface area contributed by atoms with Gasteiger partial charge in [0.05, 0.1) is 0 Å². The van der Waals surface area contributed by atoms with Gasteiger partial charge >= 0.3 is 12.2 Å². The maximum absolute atomic E-state index is 11.4. The molecule has 0 unspecified atom stereocenters. The number of unbranched alkanes of at least 4 members (excludes halogenated alkanes) is 2. The predicted octanol–water partition coefficient (Wildman–Crippen LogP) is 1.11. The zero-order chi connectivity index (χ0) is 11.3. The van der Waals surface area contributed by atoms with Crippen LogP contribution in [0.4, 0.5) is 4.79 Å². The molecule has 1 saturated heterocycles. The van der Waals surface area contributed by atoms with Gasteiger partial charge in [-0.15, -0.1) is 9.74 Å². The molecule has 5 nitrogen and oxygen atoms in total. The first-order valence-electron chi connectivity index (χ1n) is 5.27. The second-order valence-electron chi connectivity index (χ2n) is 3.83. The van der Waals surface area contributed by atoms with Crippen LogP contribution in [-0.2, 0) is 4.79 Å². The summed E-state index contributed by atoms with van der Waals surface area (Å²) in [5.41, 5.74) is 0. The smallest absolute Gasteiger partial charge is 0.274 e. The molecule has 1 rings (SSSR count). The number of urea groups is 1. The Morgan fingerprint density at radius 1 is 1.40 bits per heavy atom. The van der Waals surface area contributed by atoms with Crippen LogP contribution < -0.4 is 5.32 Å². The molecular weight excluding hydrogens is 194 g/mol. The van der Waals surface area contributed by atoms with Gasteiger partial charge in [0.15, 0.2) is 13.1 Å². The van der Waals surface area contributed by atoms with Crippen LogP contribution in [0.2, 0.25) is 0 Å². The summed E-state index contributed by atoms with van der Waals surface area (Å²) in [6, 6.07) is -0.473. The number of carbonyl (C=O) groups excluding carboxylic acids is 2. The fourth-order valence-electron chi connectivity index (χ4n) is 1.27. The Kier molecular flexibility index (Phi) is 3.81. The van der Waals surface area contributed by atoms with Crippen molar-refractivity contribution in [1.29, 1.82) is 5.26 Å². The molecule has 0 spiro atoms. The van der Waals surface area contributed by atoms with E-state index in [1.54, 1.807) is 0 Å². The van der Waals surface area contributed by atoms with Gasteiger partial charge in [-0.25, -0.2) is 10.1 Å². The summed E-state index contributed by atoms with van der Waals surface area (Å²) >= 11 is 0. The quantitative estimate of drug-likeness (QED) is 0.327. The highest BCUT2D eigenvalue weighted by Gasteiger charge is 2.52. The van der Waals surface area contributed by atoms with Crippen LogP contribution in [0.25, 0.3) is 0 Å². The lowest BCUT2D eigenvalue weighted by Gasteiger charge is -2.05. The van der Waals surface area contributed by atoms with Crippen molar-refractivity contribution in [3.05, 3.63) is 0 Å². The Morgan fingerprint density at radius 3 is 2.53 bits per heavy atom. The van der Waals surface area contributed by atoms with Crippen LogP contribution in [-0.4, -0.2) is 29.5 Å². The van der Waals surface area contributed by atoms with Crippen molar-refractivity contribution < 1.29 is 14.1 Å². The number of imide groups is 1. The van der Waals surface area contributed by atoms with Gasteiger partial charge in [0.25, 0.3) is 0 Å². The third-order valence-corrected chi connectivity index (χ3v) is 2.50. The van der Waals surface area contributed by atoms with E-state index in [1.807, 2.05) is 6.19 Å². The largest absolute Gasteiger partial charge is 0.438 e. The molecule has 1 aliphatic heterocycles. The monoisotopic (exact) mass is 210 g/mol. The molecule has 1 fully saturated rings. The van der Waals surface area contributed by atoms with Gasteiger partial charge < -0.3 is 0 Å². The van der Waals surface area contributed by atoms with Crippen molar-refractivity contribution in [2.24, 2.45) is 0 Å². The van der Waals surface area contributed by atoms with Crippen molar-refractivity contribution >= 4 is 11.9 Å². The van der Waals surface area contributed by atoms with E-state index in [1.165, 1.54) is 0 Å². The van der Waals surface area contributed by atoms with Gasteiger partial charge in [-0.3, -0.25) is 4.79 Å². The van der Waals surface area contributed by atoms with Crippen molar-refractivity contribution in [1.82, 2.24) is 5.32 Å². The molecule has 0 saturated carbocycles. The first kappa shape index (κ1) is 11.7. The summed E-state index contributed by atoms with van der Waals surface area (Å²) < 4.78 is -0.250. The third kappa shape index (κ3) is 3.03. The molecule has 1 heterocycles. The van der Waals surface area contributed by atoms with Crippen molar-refractivity contribution in [3.8, 4) is 6.19 Å². The van der Waals surface area contributed by atoms with Crippen LogP contribution in [0.3, 0.4) is 0 Å². The average molecular weight is 210 g/mol. The van der Waals surface area contributed by atoms with E-state index in [0.29, 0.717) is 19.5 Å². The second-order valence-corrected chi connectivity index (χ2v) is 3.83. The topological polar surface area (TPSA) is 70.0 Å². The first-order chi connectivity index (χ1) is 7.14. The number of nitrogens with one attached hydrogen (secondary N) is 1. The summed E-state index contributed by atoms with van der Waals surface area (Å²) in [6.45, 7) is 3.09. The molecule has 0 aliphatic carbocycles. The highest BCUT2D eigenvalue weighted by molar-refractivity contribution is 5.92. The van der Waals surface area contributed by atoms with E-state index < -0.39 is 6.03 Å². The van der Waals surface area contributed by atoms with Gasteiger partial charge in [-0.1, -0.05) is 19.8 Å². The number of carbonyl (C=O) groups is 2. The zero-order valence-electron chi connectivity index (χ0n) is 8.95. The lowest BCUT2D eigenvalue weighted by Crippen LogP contribution is -2.42. The zero-order valence-corrected chi connectivity index (χ0v) is 8.95. The summed E-state index contributed by atoms with van der Waals surface area (Å²) in [5, 5.41) is 11.0. The van der Waals surface area contributed by atoms with E-state index in [9.17, 15) is 9.59 Å². The molecule has 5 heteroatoms. The minimum atomic E-state index is -0.473. The molecular formula is C10H16N3O2+. The van der Waals surface area contributed by atoms with E-state index in [2.05, 4.69) is 12.2 Å². The van der Waals surface area contributed by atoms with E-state index in [4.69, 9.17) is 5.26 Å². The number of nitriles is 1. The summed E-state index contributed by atoms with van der Waals surface area (Å²) in [7, 11) is 0. The molecule has 3 amide bonds. The standard InChI is InChI=1S/C10H15N3O2/c1-2-3-4-5-9(14)12-10(15)13(8-11)6-7-13/h2-7H2,1H3/p+1. The van der Waals surface area contributed by atoms with Crippen LogP contribution in [0, 0.1) is 11.5 Å². The molecule has 0 aromatic heterocycles.